The summed E-state index contributed by atoms with van der Waals surface area (Å²) < 4.78 is 1.14. The van der Waals surface area contributed by atoms with Crippen LogP contribution in [0.1, 0.15) is 32.3 Å². The fraction of sp³-hybridized carbons (Fsp3) is 0.571. The van der Waals surface area contributed by atoms with Gasteiger partial charge in [0.15, 0.2) is 0 Å². The van der Waals surface area contributed by atoms with Gasteiger partial charge in [-0.3, -0.25) is 0 Å². The molecule has 16 heavy (non-hydrogen) atoms. The van der Waals surface area contributed by atoms with Crippen molar-refractivity contribution in [1.82, 2.24) is 0 Å². The summed E-state index contributed by atoms with van der Waals surface area (Å²) in [6, 6.07) is 8.59. The minimum atomic E-state index is 0.621. The van der Waals surface area contributed by atoms with Gasteiger partial charge in [0.25, 0.3) is 0 Å². The molecule has 0 aliphatic heterocycles. The lowest BCUT2D eigenvalue weighted by Gasteiger charge is -2.24. The second-order valence-electron chi connectivity index (χ2n) is 4.40. The Morgan fingerprint density at radius 2 is 1.62 bits per heavy atom. The molecule has 2 N–H and O–H groups in total. The largest absolute Gasteiger partial charge is 0.330 e. The molecule has 0 fully saturated rings. The predicted molar refractivity (Wildman–Crippen MR) is 74.5 cm³/mol. The van der Waals surface area contributed by atoms with E-state index in [9.17, 15) is 0 Å². The van der Waals surface area contributed by atoms with Gasteiger partial charge in [-0.25, -0.2) is 0 Å². The third kappa shape index (κ3) is 3.91. The molecule has 0 spiro atoms. The molecule has 0 aliphatic rings. The van der Waals surface area contributed by atoms with Gasteiger partial charge < -0.3 is 5.73 Å². The Morgan fingerprint density at radius 3 is 2.06 bits per heavy atom. The molecular formula is C14H22BrN. The first-order chi connectivity index (χ1) is 7.71. The van der Waals surface area contributed by atoms with Gasteiger partial charge in [-0.15, -0.1) is 0 Å². The molecule has 2 heteroatoms. The van der Waals surface area contributed by atoms with Crippen LogP contribution in [-0.2, 0) is 6.42 Å². The van der Waals surface area contributed by atoms with Gasteiger partial charge in [-0.05, 0) is 42.5 Å². The Balaban J connectivity index is 2.65. The first-order valence-electron chi connectivity index (χ1n) is 6.15. The number of hydrogen-bond donors (Lipinski definition) is 1. The van der Waals surface area contributed by atoms with E-state index in [2.05, 4.69) is 54.0 Å². The number of rotatable bonds is 6. The highest BCUT2D eigenvalue weighted by atomic mass is 79.9. The molecule has 0 radical (unpaired) electrons. The predicted octanol–water partition coefficient (Wildman–Crippen LogP) is 4.00. The van der Waals surface area contributed by atoms with Crippen LogP contribution in [0.4, 0.5) is 0 Å². The fourth-order valence-electron chi connectivity index (χ4n) is 2.32. The Labute approximate surface area is 108 Å². The SMILES string of the molecule is CCC(CC)C(CN)Cc1ccc(Br)cc1. The lowest BCUT2D eigenvalue weighted by molar-refractivity contribution is 0.318. The molecule has 0 aromatic heterocycles. The summed E-state index contributed by atoms with van der Waals surface area (Å²) in [6.45, 7) is 5.32. The van der Waals surface area contributed by atoms with Crippen molar-refractivity contribution < 1.29 is 0 Å². The molecule has 0 saturated carbocycles. The van der Waals surface area contributed by atoms with Crippen LogP contribution in [0, 0.1) is 11.8 Å². The van der Waals surface area contributed by atoms with Gasteiger partial charge in [0, 0.05) is 4.47 Å². The van der Waals surface area contributed by atoms with E-state index in [4.69, 9.17) is 5.73 Å². The summed E-state index contributed by atoms with van der Waals surface area (Å²) >= 11 is 3.46. The van der Waals surface area contributed by atoms with E-state index in [0.29, 0.717) is 5.92 Å². The lowest BCUT2D eigenvalue weighted by Crippen LogP contribution is -2.24. The minimum absolute atomic E-state index is 0.621. The van der Waals surface area contributed by atoms with Crippen molar-refractivity contribution in [2.24, 2.45) is 17.6 Å². The zero-order valence-electron chi connectivity index (χ0n) is 10.2. The molecule has 90 valence electrons. The van der Waals surface area contributed by atoms with Gasteiger partial charge in [0.1, 0.15) is 0 Å². The topological polar surface area (TPSA) is 26.0 Å². The summed E-state index contributed by atoms with van der Waals surface area (Å²) in [7, 11) is 0. The highest BCUT2D eigenvalue weighted by Crippen LogP contribution is 2.23. The fourth-order valence-corrected chi connectivity index (χ4v) is 2.59. The van der Waals surface area contributed by atoms with Crippen molar-refractivity contribution >= 4 is 15.9 Å². The van der Waals surface area contributed by atoms with Crippen LogP contribution in [0.2, 0.25) is 0 Å². The van der Waals surface area contributed by atoms with E-state index in [-0.39, 0.29) is 0 Å². The van der Waals surface area contributed by atoms with E-state index in [1.54, 1.807) is 0 Å². The maximum Gasteiger partial charge on any atom is 0.0175 e. The number of hydrogen-bond acceptors (Lipinski definition) is 1. The first-order valence-corrected chi connectivity index (χ1v) is 6.95. The number of nitrogens with two attached hydrogens (primary N) is 1. The summed E-state index contributed by atoms with van der Waals surface area (Å²) in [6.07, 6.45) is 3.57. The second kappa shape index (κ2) is 7.08. The van der Waals surface area contributed by atoms with Crippen molar-refractivity contribution in [3.63, 3.8) is 0 Å². The number of halogens is 1. The maximum absolute atomic E-state index is 5.89. The van der Waals surface area contributed by atoms with Crippen molar-refractivity contribution in [2.45, 2.75) is 33.1 Å². The standard InChI is InChI=1S/C14H22BrN/c1-3-12(4-2)13(10-16)9-11-5-7-14(15)8-6-11/h5-8,12-13H,3-4,9-10,16H2,1-2H3. The normalized spacial score (nSPS) is 13.1. The van der Waals surface area contributed by atoms with Gasteiger partial charge in [0.05, 0.1) is 0 Å². The average molecular weight is 284 g/mol. The molecule has 0 bridgehead atoms. The Bertz CT molecular complexity index is 290. The third-order valence-corrected chi connectivity index (χ3v) is 3.96. The first kappa shape index (κ1) is 13.7. The molecule has 0 amide bonds. The smallest absolute Gasteiger partial charge is 0.0175 e. The van der Waals surface area contributed by atoms with Crippen molar-refractivity contribution in [2.75, 3.05) is 6.54 Å². The maximum atomic E-state index is 5.89. The van der Waals surface area contributed by atoms with E-state index in [1.165, 1.54) is 18.4 Å². The zero-order chi connectivity index (χ0) is 12.0. The van der Waals surface area contributed by atoms with Crippen molar-refractivity contribution in [1.29, 1.82) is 0 Å². The zero-order valence-corrected chi connectivity index (χ0v) is 11.8. The van der Waals surface area contributed by atoms with Crippen LogP contribution in [0.15, 0.2) is 28.7 Å². The molecule has 0 aliphatic carbocycles. The molecule has 0 saturated heterocycles. The van der Waals surface area contributed by atoms with Crippen molar-refractivity contribution in [3.05, 3.63) is 34.3 Å². The van der Waals surface area contributed by atoms with E-state index < -0.39 is 0 Å². The molecule has 1 aromatic rings. The Kier molecular flexibility index (Phi) is 6.07. The van der Waals surface area contributed by atoms with Crippen LogP contribution in [0.3, 0.4) is 0 Å². The second-order valence-corrected chi connectivity index (χ2v) is 5.32. The van der Waals surface area contributed by atoms with E-state index >= 15 is 0 Å². The molecule has 0 heterocycles. The van der Waals surface area contributed by atoms with Crippen LogP contribution in [0.25, 0.3) is 0 Å². The summed E-state index contributed by atoms with van der Waals surface area (Å²) in [5, 5.41) is 0. The van der Waals surface area contributed by atoms with Crippen LogP contribution in [-0.4, -0.2) is 6.54 Å². The van der Waals surface area contributed by atoms with Gasteiger partial charge in [-0.2, -0.15) is 0 Å². The van der Waals surface area contributed by atoms with E-state index in [1.807, 2.05) is 0 Å². The molecule has 1 atom stereocenters. The summed E-state index contributed by atoms with van der Waals surface area (Å²) in [4.78, 5) is 0. The Hall–Kier alpha value is -0.340. The highest BCUT2D eigenvalue weighted by Gasteiger charge is 2.17. The third-order valence-electron chi connectivity index (χ3n) is 3.43. The van der Waals surface area contributed by atoms with Crippen molar-refractivity contribution in [3.8, 4) is 0 Å². The van der Waals surface area contributed by atoms with Gasteiger partial charge >= 0.3 is 0 Å². The molecule has 1 unspecified atom stereocenters. The van der Waals surface area contributed by atoms with Gasteiger partial charge in [0.2, 0.25) is 0 Å². The molecule has 1 aromatic carbocycles. The van der Waals surface area contributed by atoms with Crippen LogP contribution < -0.4 is 5.73 Å². The number of benzene rings is 1. The van der Waals surface area contributed by atoms with E-state index in [0.717, 1.165) is 23.4 Å². The monoisotopic (exact) mass is 283 g/mol. The average Bonchev–Trinajstić information content (AvgIpc) is 2.32. The molecule has 1 nitrogen and oxygen atoms in total. The van der Waals surface area contributed by atoms with Gasteiger partial charge in [-0.1, -0.05) is 54.8 Å². The summed E-state index contributed by atoms with van der Waals surface area (Å²) in [5.74, 6) is 1.38. The summed E-state index contributed by atoms with van der Waals surface area (Å²) in [5.41, 5.74) is 7.29. The Morgan fingerprint density at radius 1 is 1.06 bits per heavy atom. The molecular weight excluding hydrogens is 262 g/mol. The van der Waals surface area contributed by atoms with Crippen LogP contribution in [0.5, 0.6) is 0 Å². The highest BCUT2D eigenvalue weighted by molar-refractivity contribution is 9.10. The quantitative estimate of drug-likeness (QED) is 0.839. The van der Waals surface area contributed by atoms with Crippen LogP contribution >= 0.6 is 15.9 Å². The molecule has 1 rings (SSSR count). The lowest BCUT2D eigenvalue weighted by atomic mass is 9.83. The minimum Gasteiger partial charge on any atom is -0.330 e.